The van der Waals surface area contributed by atoms with Gasteiger partial charge < -0.3 is 15.0 Å². The van der Waals surface area contributed by atoms with E-state index in [-0.39, 0.29) is 18.4 Å². The first-order valence-corrected chi connectivity index (χ1v) is 8.91. The lowest BCUT2D eigenvalue weighted by Gasteiger charge is -2.52. The summed E-state index contributed by atoms with van der Waals surface area (Å²) in [5.41, 5.74) is 0.846. The van der Waals surface area contributed by atoms with E-state index in [2.05, 4.69) is 5.32 Å². The van der Waals surface area contributed by atoms with E-state index in [9.17, 15) is 9.59 Å². The average molecular weight is 330 g/mol. The van der Waals surface area contributed by atoms with Crippen LogP contribution in [0.3, 0.4) is 0 Å². The van der Waals surface area contributed by atoms with Crippen molar-refractivity contribution in [2.45, 2.75) is 39.0 Å². The Morgan fingerprint density at radius 1 is 1.17 bits per heavy atom. The van der Waals surface area contributed by atoms with Gasteiger partial charge in [0.25, 0.3) is 5.91 Å². The smallest absolute Gasteiger partial charge is 0.255 e. The molecule has 3 rings (SSSR count). The monoisotopic (exact) mass is 330 g/mol. The molecule has 130 valence electrons. The lowest BCUT2D eigenvalue weighted by molar-refractivity contribution is -0.144. The summed E-state index contributed by atoms with van der Waals surface area (Å²) < 4.78 is 5.46. The number of hydrogen-bond donors (Lipinski definition) is 1. The summed E-state index contributed by atoms with van der Waals surface area (Å²) in [5.74, 6) is 0.295. The number of carbonyl (C=O) groups is 2. The highest BCUT2D eigenvalue weighted by Gasteiger charge is 2.45. The van der Waals surface area contributed by atoms with Crippen molar-refractivity contribution in [3.05, 3.63) is 29.8 Å². The second kappa shape index (κ2) is 7.24. The predicted molar refractivity (Wildman–Crippen MR) is 92.0 cm³/mol. The van der Waals surface area contributed by atoms with Crippen LogP contribution < -0.4 is 10.1 Å². The van der Waals surface area contributed by atoms with Gasteiger partial charge in [0.1, 0.15) is 5.75 Å². The Bertz CT molecular complexity index is 600. The molecule has 1 aromatic carbocycles. The van der Waals surface area contributed by atoms with Gasteiger partial charge in [-0.3, -0.25) is 9.59 Å². The van der Waals surface area contributed by atoms with Gasteiger partial charge in [-0.05, 0) is 31.9 Å². The van der Waals surface area contributed by atoms with Gasteiger partial charge in [0.2, 0.25) is 5.91 Å². The summed E-state index contributed by atoms with van der Waals surface area (Å²) in [5, 5.41) is 2.73. The minimum atomic E-state index is -0.264. The molecule has 2 aliphatic rings. The van der Waals surface area contributed by atoms with Crippen LogP contribution in [0.25, 0.3) is 0 Å². The zero-order chi connectivity index (χ0) is 17.0. The molecule has 2 amide bonds. The molecule has 1 spiro atoms. The topological polar surface area (TPSA) is 58.6 Å². The number of nitrogens with one attached hydrogen (secondary N) is 1. The number of amides is 2. The normalized spacial score (nSPS) is 18.8. The third kappa shape index (κ3) is 3.55. The minimum Gasteiger partial charge on any atom is -0.493 e. The van der Waals surface area contributed by atoms with Gasteiger partial charge in [-0.1, -0.05) is 31.4 Å². The first-order chi connectivity index (χ1) is 11.6. The lowest BCUT2D eigenvalue weighted by atomic mass is 9.68. The average Bonchev–Trinajstić information content (AvgIpc) is 2.58. The van der Waals surface area contributed by atoms with Crippen LogP contribution in [-0.2, 0) is 4.79 Å². The van der Waals surface area contributed by atoms with Gasteiger partial charge >= 0.3 is 0 Å². The molecule has 0 unspecified atom stereocenters. The van der Waals surface area contributed by atoms with Gasteiger partial charge in [-0.25, -0.2) is 0 Å². The molecule has 0 radical (unpaired) electrons. The lowest BCUT2D eigenvalue weighted by Crippen LogP contribution is -2.60. The number of hydrogen-bond acceptors (Lipinski definition) is 3. The zero-order valence-electron chi connectivity index (χ0n) is 14.3. The molecule has 5 heteroatoms. The van der Waals surface area contributed by atoms with Crippen molar-refractivity contribution in [2.24, 2.45) is 5.41 Å². The number of carbonyl (C=O) groups excluding carboxylic acids is 2. The van der Waals surface area contributed by atoms with Crippen molar-refractivity contribution in [1.82, 2.24) is 10.2 Å². The van der Waals surface area contributed by atoms with Gasteiger partial charge in [0.05, 0.1) is 18.7 Å². The summed E-state index contributed by atoms with van der Waals surface area (Å²) in [6.45, 7) is 4.14. The quantitative estimate of drug-likeness (QED) is 0.903. The molecule has 2 fully saturated rings. The molecule has 0 bridgehead atoms. The highest BCUT2D eigenvalue weighted by molar-refractivity contribution is 5.98. The Labute approximate surface area is 143 Å². The van der Waals surface area contributed by atoms with Gasteiger partial charge in [-0.15, -0.1) is 0 Å². The number of rotatable bonds is 5. The molecule has 24 heavy (non-hydrogen) atoms. The number of nitrogens with zero attached hydrogens (tertiary/aromatic N) is 1. The Kier molecular flexibility index (Phi) is 5.07. The van der Waals surface area contributed by atoms with E-state index < -0.39 is 0 Å². The van der Waals surface area contributed by atoms with Crippen LogP contribution in [0.1, 0.15) is 49.4 Å². The van der Waals surface area contributed by atoms with E-state index in [4.69, 9.17) is 4.74 Å². The molecule has 1 N–H and O–H groups in total. The predicted octanol–water partition coefficient (Wildman–Crippen LogP) is 2.61. The van der Waals surface area contributed by atoms with Crippen LogP contribution in [-0.4, -0.2) is 43.0 Å². The van der Waals surface area contributed by atoms with Gasteiger partial charge in [-0.2, -0.15) is 0 Å². The molecule has 1 saturated carbocycles. The standard InChI is InChI=1S/C19H26N2O3/c1-2-24-16-9-5-4-8-15(16)18(23)20-12-17(22)21-13-19(14-21)10-6-3-7-11-19/h4-5,8-9H,2-3,6-7,10-14H2,1H3,(H,20,23). The molecule has 1 heterocycles. The molecule has 1 aromatic rings. The number of ether oxygens (including phenoxy) is 1. The summed E-state index contributed by atoms with van der Waals surface area (Å²) in [4.78, 5) is 26.5. The maximum atomic E-state index is 12.3. The fourth-order valence-corrected chi connectivity index (χ4v) is 3.86. The van der Waals surface area contributed by atoms with E-state index >= 15 is 0 Å². The van der Waals surface area contributed by atoms with Crippen LogP contribution in [0.4, 0.5) is 0 Å². The third-order valence-corrected chi connectivity index (χ3v) is 5.15. The molecule has 1 saturated heterocycles. The van der Waals surface area contributed by atoms with Crippen molar-refractivity contribution in [3.8, 4) is 5.75 Å². The molecule has 0 atom stereocenters. The Morgan fingerprint density at radius 3 is 2.58 bits per heavy atom. The number of likely N-dealkylation sites (tertiary alicyclic amines) is 1. The van der Waals surface area contributed by atoms with Crippen LogP contribution in [0.2, 0.25) is 0 Å². The second-order valence-corrected chi connectivity index (χ2v) is 6.92. The van der Waals surface area contributed by atoms with E-state index in [1.165, 1.54) is 32.1 Å². The summed E-state index contributed by atoms with van der Waals surface area (Å²) in [6, 6.07) is 7.10. The summed E-state index contributed by atoms with van der Waals surface area (Å²) in [7, 11) is 0. The Morgan fingerprint density at radius 2 is 1.88 bits per heavy atom. The maximum absolute atomic E-state index is 12.3. The van der Waals surface area contributed by atoms with Gasteiger partial charge in [0.15, 0.2) is 0 Å². The van der Waals surface area contributed by atoms with Crippen molar-refractivity contribution < 1.29 is 14.3 Å². The Hall–Kier alpha value is -2.04. The summed E-state index contributed by atoms with van der Waals surface area (Å²) in [6.07, 6.45) is 6.38. The zero-order valence-corrected chi connectivity index (χ0v) is 14.3. The fraction of sp³-hybridized carbons (Fsp3) is 0.579. The first kappa shape index (κ1) is 16.8. The SMILES string of the molecule is CCOc1ccccc1C(=O)NCC(=O)N1CC2(CCCCC2)C1. The largest absolute Gasteiger partial charge is 0.493 e. The van der Waals surface area contributed by atoms with Crippen LogP contribution >= 0.6 is 0 Å². The molecular formula is C19H26N2O3. The van der Waals surface area contributed by atoms with Crippen LogP contribution in [0.15, 0.2) is 24.3 Å². The maximum Gasteiger partial charge on any atom is 0.255 e. The first-order valence-electron chi connectivity index (χ1n) is 8.91. The van der Waals surface area contributed by atoms with Gasteiger partial charge in [0, 0.05) is 18.5 Å². The molecular weight excluding hydrogens is 304 g/mol. The van der Waals surface area contributed by atoms with Crippen molar-refractivity contribution in [3.63, 3.8) is 0 Å². The van der Waals surface area contributed by atoms with Crippen molar-refractivity contribution in [1.29, 1.82) is 0 Å². The van der Waals surface area contributed by atoms with E-state index in [0.29, 0.717) is 23.3 Å². The highest BCUT2D eigenvalue weighted by Crippen LogP contribution is 2.43. The van der Waals surface area contributed by atoms with Crippen molar-refractivity contribution >= 4 is 11.8 Å². The molecule has 1 aliphatic carbocycles. The molecule has 1 aliphatic heterocycles. The minimum absolute atomic E-state index is 0.00781. The molecule has 5 nitrogen and oxygen atoms in total. The van der Waals surface area contributed by atoms with Crippen LogP contribution in [0.5, 0.6) is 5.75 Å². The molecule has 0 aromatic heterocycles. The van der Waals surface area contributed by atoms with Crippen molar-refractivity contribution in [2.75, 3.05) is 26.2 Å². The second-order valence-electron chi connectivity index (χ2n) is 6.92. The van der Waals surface area contributed by atoms with E-state index in [0.717, 1.165) is 13.1 Å². The highest BCUT2D eigenvalue weighted by atomic mass is 16.5. The number of benzene rings is 1. The van der Waals surface area contributed by atoms with E-state index in [1.54, 1.807) is 18.2 Å². The third-order valence-electron chi connectivity index (χ3n) is 5.15. The fourth-order valence-electron chi connectivity index (χ4n) is 3.86. The summed E-state index contributed by atoms with van der Waals surface area (Å²) >= 11 is 0. The number of para-hydroxylation sites is 1. The van der Waals surface area contributed by atoms with Crippen LogP contribution in [0, 0.1) is 5.41 Å². The Balaban J connectivity index is 1.49. The van der Waals surface area contributed by atoms with E-state index in [1.807, 2.05) is 17.9 Å².